The summed E-state index contributed by atoms with van der Waals surface area (Å²) in [6, 6.07) is 11.8. The maximum atomic E-state index is 13.5. The monoisotopic (exact) mass is 497 g/mol. The Bertz CT molecular complexity index is 1560. The van der Waals surface area contributed by atoms with E-state index in [9.17, 15) is 14.4 Å². The number of hydrogen-bond acceptors (Lipinski definition) is 4. The van der Waals surface area contributed by atoms with E-state index in [1.54, 1.807) is 11.1 Å². The minimum atomic E-state index is -0.250. The fourth-order valence-electron chi connectivity index (χ4n) is 5.04. The van der Waals surface area contributed by atoms with Gasteiger partial charge in [-0.25, -0.2) is 4.98 Å². The molecule has 1 aromatic carbocycles. The molecule has 4 heterocycles. The van der Waals surface area contributed by atoms with E-state index in [2.05, 4.69) is 39.8 Å². The number of carbonyl (C=O) groups excluding carboxylic acids is 2. The van der Waals surface area contributed by atoms with Crippen LogP contribution in [0.1, 0.15) is 59.9 Å². The van der Waals surface area contributed by atoms with Gasteiger partial charge < -0.3 is 14.9 Å². The van der Waals surface area contributed by atoms with Crippen LogP contribution in [0, 0.1) is 13.8 Å². The highest BCUT2D eigenvalue weighted by atomic mass is 16.2. The van der Waals surface area contributed by atoms with Crippen molar-refractivity contribution in [2.24, 2.45) is 0 Å². The molecule has 0 bridgehead atoms. The second-order valence-electron chi connectivity index (χ2n) is 9.95. The molecule has 3 aromatic heterocycles. The van der Waals surface area contributed by atoms with Crippen LogP contribution < -0.4 is 15.8 Å². The van der Waals surface area contributed by atoms with E-state index in [0.717, 1.165) is 39.7 Å². The van der Waals surface area contributed by atoms with Crippen molar-refractivity contribution in [2.75, 3.05) is 11.4 Å². The Hall–Kier alpha value is -4.20. The molecule has 0 atom stereocenters. The molecule has 0 aliphatic carbocycles. The van der Waals surface area contributed by atoms with Crippen molar-refractivity contribution in [1.29, 1.82) is 0 Å². The third-order valence-corrected chi connectivity index (χ3v) is 6.99. The number of anilines is 1. The number of nitrogens with one attached hydrogen (secondary N) is 2. The molecule has 0 radical (unpaired) electrons. The van der Waals surface area contributed by atoms with Gasteiger partial charge in [0.25, 0.3) is 11.5 Å². The second-order valence-corrected chi connectivity index (χ2v) is 9.95. The first-order valence-electron chi connectivity index (χ1n) is 12.6. The summed E-state index contributed by atoms with van der Waals surface area (Å²) in [7, 11) is 0. The summed E-state index contributed by atoms with van der Waals surface area (Å²) in [5.74, 6) is 0.493. The van der Waals surface area contributed by atoms with Crippen molar-refractivity contribution in [3.8, 4) is 11.1 Å². The van der Waals surface area contributed by atoms with Gasteiger partial charge in [0, 0.05) is 71.2 Å². The zero-order valence-electron chi connectivity index (χ0n) is 21.6. The van der Waals surface area contributed by atoms with E-state index >= 15 is 0 Å². The number of amides is 2. The van der Waals surface area contributed by atoms with Crippen LogP contribution in [0.25, 0.3) is 22.0 Å². The summed E-state index contributed by atoms with van der Waals surface area (Å²) in [6.45, 7) is 8.73. The lowest BCUT2D eigenvalue weighted by Gasteiger charge is -2.16. The molecule has 0 unspecified atom stereocenters. The number of nitrogens with zero attached hydrogens (tertiary/aromatic N) is 3. The molecule has 0 spiro atoms. The molecule has 4 aromatic rings. The SMILES string of the molecule is Cc1cc(C)c(CNC(=O)c2cc(-c3ccc(N4CCCC4=O)nc3)cc3c2ccn3C(C)C)c(=O)[nH]1. The number of H-pyrrole nitrogens is 1. The van der Waals surface area contributed by atoms with Gasteiger partial charge in [-0.2, -0.15) is 0 Å². The molecule has 0 saturated carbocycles. The number of aryl methyl sites for hydroxylation is 2. The van der Waals surface area contributed by atoms with Crippen molar-refractivity contribution in [2.45, 2.75) is 53.1 Å². The minimum absolute atomic E-state index is 0.0954. The van der Waals surface area contributed by atoms with E-state index in [-0.39, 0.29) is 30.0 Å². The van der Waals surface area contributed by atoms with Gasteiger partial charge in [0.2, 0.25) is 5.91 Å². The van der Waals surface area contributed by atoms with Crippen LogP contribution >= 0.6 is 0 Å². The zero-order chi connectivity index (χ0) is 26.3. The Morgan fingerprint density at radius 2 is 1.92 bits per heavy atom. The summed E-state index contributed by atoms with van der Waals surface area (Å²) in [5.41, 5.74) is 5.17. The molecule has 37 heavy (non-hydrogen) atoms. The molecule has 1 aliphatic heterocycles. The summed E-state index contributed by atoms with van der Waals surface area (Å²) >= 11 is 0. The molecule has 190 valence electrons. The van der Waals surface area contributed by atoms with Crippen LogP contribution in [0.2, 0.25) is 0 Å². The fourth-order valence-corrected chi connectivity index (χ4v) is 5.04. The second kappa shape index (κ2) is 9.69. The van der Waals surface area contributed by atoms with Crippen LogP contribution in [0.15, 0.2) is 53.6 Å². The first-order chi connectivity index (χ1) is 17.7. The van der Waals surface area contributed by atoms with Gasteiger partial charge in [-0.15, -0.1) is 0 Å². The number of hydrogen-bond donors (Lipinski definition) is 2. The van der Waals surface area contributed by atoms with Gasteiger partial charge in [-0.05, 0) is 81.6 Å². The van der Waals surface area contributed by atoms with E-state index in [4.69, 9.17) is 0 Å². The lowest BCUT2D eigenvalue weighted by atomic mass is 10.0. The summed E-state index contributed by atoms with van der Waals surface area (Å²) in [4.78, 5) is 47.1. The standard InChI is InChI=1S/C29H31N5O3/c1-17(2)33-11-9-22-23(28(36)31-16-24-18(3)12-19(4)32-29(24)37)13-21(14-25(22)33)20-7-8-26(30-15-20)34-10-5-6-27(34)35/h7-9,11-15,17H,5-6,10,16H2,1-4H3,(H,31,36)(H,32,37). The summed E-state index contributed by atoms with van der Waals surface area (Å²) in [6.07, 6.45) is 5.14. The number of aromatic amines is 1. The lowest BCUT2D eigenvalue weighted by Crippen LogP contribution is -2.28. The zero-order valence-corrected chi connectivity index (χ0v) is 21.6. The summed E-state index contributed by atoms with van der Waals surface area (Å²) < 4.78 is 2.13. The molecular weight excluding hydrogens is 466 g/mol. The molecule has 8 heteroatoms. The molecule has 2 N–H and O–H groups in total. The van der Waals surface area contributed by atoms with Crippen molar-refractivity contribution in [3.05, 3.63) is 81.5 Å². The van der Waals surface area contributed by atoms with Crippen molar-refractivity contribution < 1.29 is 9.59 Å². The first kappa shape index (κ1) is 24.5. The fraction of sp³-hybridized carbons (Fsp3) is 0.310. The van der Waals surface area contributed by atoms with Gasteiger partial charge in [-0.1, -0.05) is 0 Å². The minimum Gasteiger partial charge on any atom is -0.348 e. The van der Waals surface area contributed by atoms with E-state index < -0.39 is 0 Å². The van der Waals surface area contributed by atoms with Gasteiger partial charge in [0.05, 0.1) is 0 Å². The van der Waals surface area contributed by atoms with Crippen LogP contribution in [0.4, 0.5) is 5.82 Å². The number of aromatic nitrogens is 3. The van der Waals surface area contributed by atoms with Crippen LogP contribution in [-0.4, -0.2) is 32.9 Å². The normalized spacial score (nSPS) is 13.6. The van der Waals surface area contributed by atoms with E-state index in [1.807, 2.05) is 50.4 Å². The smallest absolute Gasteiger partial charge is 0.253 e. The summed E-state index contributed by atoms with van der Waals surface area (Å²) in [5, 5.41) is 3.79. The van der Waals surface area contributed by atoms with Crippen LogP contribution in [0.5, 0.6) is 0 Å². The van der Waals surface area contributed by atoms with Crippen molar-refractivity contribution in [3.63, 3.8) is 0 Å². The molecule has 8 nitrogen and oxygen atoms in total. The molecular formula is C29H31N5O3. The van der Waals surface area contributed by atoms with Gasteiger partial charge in [0.15, 0.2) is 0 Å². The number of rotatable bonds is 6. The van der Waals surface area contributed by atoms with E-state index in [1.165, 1.54) is 0 Å². The topological polar surface area (TPSA) is 100 Å². The van der Waals surface area contributed by atoms with Gasteiger partial charge in [0.1, 0.15) is 5.82 Å². The quantitative estimate of drug-likeness (QED) is 0.405. The third-order valence-electron chi connectivity index (χ3n) is 6.99. The number of benzene rings is 1. The number of pyridine rings is 2. The average Bonchev–Trinajstić information content (AvgIpc) is 3.49. The Balaban J connectivity index is 1.51. The largest absolute Gasteiger partial charge is 0.348 e. The molecule has 1 saturated heterocycles. The van der Waals surface area contributed by atoms with Gasteiger partial charge in [-0.3, -0.25) is 19.3 Å². The molecule has 1 aliphatic rings. The predicted molar refractivity (Wildman–Crippen MR) is 145 cm³/mol. The Morgan fingerprint density at radius 1 is 1.11 bits per heavy atom. The highest BCUT2D eigenvalue weighted by Gasteiger charge is 2.23. The lowest BCUT2D eigenvalue weighted by molar-refractivity contribution is -0.117. The van der Waals surface area contributed by atoms with Crippen molar-refractivity contribution >= 4 is 28.5 Å². The Labute approximate surface area is 215 Å². The predicted octanol–water partition coefficient (Wildman–Crippen LogP) is 4.65. The van der Waals surface area contributed by atoms with Crippen molar-refractivity contribution in [1.82, 2.24) is 19.9 Å². The maximum Gasteiger partial charge on any atom is 0.253 e. The highest BCUT2D eigenvalue weighted by Crippen LogP contribution is 2.31. The van der Waals surface area contributed by atoms with Gasteiger partial charge >= 0.3 is 0 Å². The molecule has 5 rings (SSSR count). The van der Waals surface area contributed by atoms with Crippen LogP contribution in [-0.2, 0) is 11.3 Å². The maximum absolute atomic E-state index is 13.5. The molecule has 1 fully saturated rings. The number of fused-ring (bicyclic) bond motifs is 1. The highest BCUT2D eigenvalue weighted by molar-refractivity contribution is 6.08. The molecule has 2 amide bonds. The van der Waals surface area contributed by atoms with Crippen LogP contribution in [0.3, 0.4) is 0 Å². The van der Waals surface area contributed by atoms with E-state index in [0.29, 0.717) is 29.9 Å². The first-order valence-corrected chi connectivity index (χ1v) is 12.6. The number of carbonyl (C=O) groups is 2. The third kappa shape index (κ3) is 4.67. The Morgan fingerprint density at radius 3 is 2.57 bits per heavy atom. The average molecular weight is 498 g/mol. The Kier molecular flexibility index (Phi) is 6.41.